The molecule has 0 amide bonds. The Bertz CT molecular complexity index is 1990. The number of carbonyl (C=O) groups is 1. The predicted molar refractivity (Wildman–Crippen MR) is 210 cm³/mol. The number of fused-ring (bicyclic) bond motifs is 2. The molecule has 2 fully saturated rings. The van der Waals surface area contributed by atoms with E-state index >= 15 is 0 Å². The minimum Gasteiger partial charge on any atom is -0.507 e. The number of nitrogens with two attached hydrogens (primary N) is 1. The first kappa shape index (κ1) is 36.4. The summed E-state index contributed by atoms with van der Waals surface area (Å²) in [5.41, 5.74) is 7.90. The van der Waals surface area contributed by atoms with Crippen molar-refractivity contribution in [2.45, 2.75) is 76.7 Å². The van der Waals surface area contributed by atoms with Crippen LogP contribution in [0.25, 0.3) is 15.8 Å². The third-order valence-corrected chi connectivity index (χ3v) is 14.4. The number of aliphatic imine (C=N–C) groups is 1. The molecule has 11 heteroatoms. The zero-order valence-corrected chi connectivity index (χ0v) is 31.4. The lowest BCUT2D eigenvalue weighted by molar-refractivity contribution is -0.0192. The Hall–Kier alpha value is -3.92. The van der Waals surface area contributed by atoms with Crippen molar-refractivity contribution in [3.05, 3.63) is 75.5 Å². The zero-order valence-electron chi connectivity index (χ0n) is 29.8. The molecular formula is C41H48N4O5S2. The number of allylic oxidation sites excluding steroid dienone is 1. The summed E-state index contributed by atoms with van der Waals surface area (Å²) in [6, 6.07) is 11.4. The average molecular weight is 741 g/mol. The number of phenolic OH excluding ortho intramolecular Hbond substituents is 1. The Balaban J connectivity index is 1.23. The lowest BCUT2D eigenvalue weighted by Crippen LogP contribution is -2.58. The van der Waals surface area contributed by atoms with E-state index in [9.17, 15) is 25.2 Å². The van der Waals surface area contributed by atoms with Crippen molar-refractivity contribution in [2.75, 3.05) is 19.0 Å². The number of aliphatic hydroxyl groups is 3. The van der Waals surface area contributed by atoms with Crippen LogP contribution in [0.2, 0.25) is 0 Å². The molecule has 0 saturated heterocycles. The van der Waals surface area contributed by atoms with Gasteiger partial charge in [0.1, 0.15) is 5.75 Å². The third kappa shape index (κ3) is 6.60. The number of nitrogens with one attached hydrogen (secondary N) is 2. The van der Waals surface area contributed by atoms with Crippen molar-refractivity contribution in [1.29, 1.82) is 0 Å². The van der Waals surface area contributed by atoms with Crippen molar-refractivity contribution in [3.8, 4) is 27.3 Å². The minimum atomic E-state index is -0.852. The Kier molecular flexibility index (Phi) is 10.1. The molecule has 0 radical (unpaired) electrons. The Morgan fingerprint density at radius 1 is 1.17 bits per heavy atom. The highest BCUT2D eigenvalue weighted by Crippen LogP contribution is 2.67. The van der Waals surface area contributed by atoms with Crippen LogP contribution in [0.1, 0.15) is 71.6 Å². The Labute approximate surface area is 313 Å². The van der Waals surface area contributed by atoms with Crippen LogP contribution in [0.4, 0.5) is 5.69 Å². The van der Waals surface area contributed by atoms with Crippen LogP contribution in [-0.2, 0) is 6.42 Å². The monoisotopic (exact) mass is 740 g/mol. The first-order valence-corrected chi connectivity index (χ1v) is 19.7. The first-order valence-electron chi connectivity index (χ1n) is 18.1. The number of rotatable bonds is 10. The summed E-state index contributed by atoms with van der Waals surface area (Å²) < 4.78 is 0. The van der Waals surface area contributed by atoms with E-state index in [2.05, 4.69) is 45.7 Å². The second kappa shape index (κ2) is 14.5. The molecular weight excluding hydrogens is 693 g/mol. The number of hydrogen-bond acceptors (Lipinski definition) is 9. The lowest BCUT2D eigenvalue weighted by atomic mass is 9.48. The molecule has 2 bridgehead atoms. The molecule has 3 aromatic rings. The van der Waals surface area contributed by atoms with E-state index < -0.39 is 23.0 Å². The number of carbonyl (C=O) groups excluding carboxylic acids is 1. The van der Waals surface area contributed by atoms with Crippen LogP contribution in [0.3, 0.4) is 0 Å². The number of ketones is 1. The second-order valence-corrected chi connectivity index (χ2v) is 17.2. The van der Waals surface area contributed by atoms with Gasteiger partial charge in [0.25, 0.3) is 0 Å². The fourth-order valence-electron chi connectivity index (χ4n) is 9.51. The summed E-state index contributed by atoms with van der Waals surface area (Å²) in [6.45, 7) is 3.25. The smallest absolute Gasteiger partial charge is 0.188 e. The SMILES string of the molecule is CC#Cc1ccc(-c2ccc(C(=O)[C@@H]3CC[C@@]4([C@@H](Cc5cc(O)c6c(c5)N[C@H]([C@H](C)O)C=C6)NC(N)=NC)C=C[C@H]5C[C@@H]([C@H](O)CO)C[C@]53C4)s2)s1. The number of benzene rings is 1. The molecule has 4 aliphatic rings. The quantitative estimate of drug-likeness (QED) is 0.0452. The number of nitrogens with zero attached hydrogens (tertiary/aromatic N) is 1. The van der Waals surface area contributed by atoms with Gasteiger partial charge in [0.15, 0.2) is 11.7 Å². The molecule has 3 heterocycles. The highest BCUT2D eigenvalue weighted by molar-refractivity contribution is 7.23. The van der Waals surface area contributed by atoms with Crippen molar-refractivity contribution in [3.63, 3.8) is 0 Å². The molecule has 2 aromatic heterocycles. The molecule has 9 atom stereocenters. The van der Waals surface area contributed by atoms with Gasteiger partial charge in [-0.1, -0.05) is 30.2 Å². The number of guanidine groups is 1. The summed E-state index contributed by atoms with van der Waals surface area (Å²) in [7, 11) is 1.65. The first-order chi connectivity index (χ1) is 25.0. The topological polar surface area (TPSA) is 160 Å². The number of aromatic hydroxyl groups is 1. The fraction of sp³-hybridized carbons (Fsp3) is 0.463. The molecule has 9 nitrogen and oxygen atoms in total. The highest BCUT2D eigenvalue weighted by atomic mass is 32.1. The normalized spacial score (nSPS) is 29.2. The second-order valence-electron chi connectivity index (χ2n) is 15.1. The molecule has 3 aliphatic carbocycles. The van der Waals surface area contributed by atoms with Gasteiger partial charge in [-0.05, 0) is 112 Å². The predicted octanol–water partition coefficient (Wildman–Crippen LogP) is 5.79. The number of anilines is 1. The van der Waals surface area contributed by atoms with E-state index in [1.807, 2.05) is 43.3 Å². The van der Waals surface area contributed by atoms with E-state index in [1.54, 1.807) is 31.4 Å². The number of Topliss-reactive ketones (excluding diaryl/α,β-unsaturated/α-hetero) is 1. The van der Waals surface area contributed by atoms with E-state index in [0.717, 1.165) is 37.2 Å². The number of thiophene rings is 2. The van der Waals surface area contributed by atoms with Crippen molar-refractivity contribution < 1.29 is 25.2 Å². The summed E-state index contributed by atoms with van der Waals surface area (Å²) >= 11 is 3.17. The van der Waals surface area contributed by atoms with E-state index in [4.69, 9.17) is 5.73 Å². The molecule has 0 unspecified atom stereocenters. The van der Waals surface area contributed by atoms with Crippen LogP contribution >= 0.6 is 22.7 Å². The number of phenols is 1. The van der Waals surface area contributed by atoms with Crippen LogP contribution in [0.15, 0.2) is 59.6 Å². The summed E-state index contributed by atoms with van der Waals surface area (Å²) in [6.07, 6.45) is 10.8. The van der Waals surface area contributed by atoms with Crippen molar-refractivity contribution in [2.24, 2.45) is 39.3 Å². The van der Waals surface area contributed by atoms with Gasteiger partial charge in [-0.3, -0.25) is 9.79 Å². The van der Waals surface area contributed by atoms with Crippen LogP contribution in [0, 0.1) is 40.4 Å². The van der Waals surface area contributed by atoms with Crippen molar-refractivity contribution >= 4 is 46.2 Å². The van der Waals surface area contributed by atoms with Crippen LogP contribution in [0.5, 0.6) is 5.75 Å². The van der Waals surface area contributed by atoms with E-state index in [1.165, 1.54) is 11.3 Å². The van der Waals surface area contributed by atoms with Crippen LogP contribution < -0.4 is 16.4 Å². The number of aliphatic hydroxyl groups excluding tert-OH is 3. The lowest BCUT2D eigenvalue weighted by Gasteiger charge is -2.57. The Morgan fingerprint density at radius 2 is 1.96 bits per heavy atom. The molecule has 1 spiro atoms. The number of hydrogen-bond donors (Lipinski definition) is 7. The van der Waals surface area contributed by atoms with Gasteiger partial charge < -0.3 is 36.8 Å². The van der Waals surface area contributed by atoms with E-state index in [-0.39, 0.29) is 48.0 Å². The van der Waals surface area contributed by atoms with Crippen molar-refractivity contribution in [1.82, 2.24) is 5.32 Å². The summed E-state index contributed by atoms with van der Waals surface area (Å²) in [5, 5.41) is 49.2. The summed E-state index contributed by atoms with van der Waals surface area (Å²) in [4.78, 5) is 22.9. The molecule has 7 rings (SSSR count). The molecule has 2 saturated carbocycles. The maximum Gasteiger partial charge on any atom is 0.188 e. The molecule has 8 N–H and O–H groups in total. The molecule has 274 valence electrons. The van der Waals surface area contributed by atoms with Gasteiger partial charge in [-0.2, -0.15) is 0 Å². The van der Waals surface area contributed by atoms with Gasteiger partial charge in [-0.25, -0.2) is 0 Å². The standard InChI is InChI=1S/C41H48N4O5S2/c1-4-5-27-6-9-34(51-27)35-10-11-36(52-35)38(50)29-13-15-40(14-12-26-19-25(33(49)21-46)20-41(26,29)22-40)37(45-39(42)43-3)18-24-16-31-28(32(48)17-24)7-8-30(44-31)23(2)47/h6-12,14,16-17,23,25-26,29-30,33,37,44,46-49H,13,15,18-22H2,1-3H3,(H3,42,43,45)/t23-,25+,26-,29-,30-,33+,37+,40-,41-/m0/s1. The zero-order chi connectivity index (χ0) is 36.8. The average Bonchev–Trinajstić information content (AvgIpc) is 3.90. The minimum absolute atomic E-state index is 0.0759. The largest absolute Gasteiger partial charge is 0.507 e. The Morgan fingerprint density at radius 3 is 2.71 bits per heavy atom. The molecule has 1 aliphatic heterocycles. The molecule has 1 aromatic carbocycles. The highest BCUT2D eigenvalue weighted by Gasteiger charge is 2.62. The van der Waals surface area contributed by atoms with E-state index in [0.29, 0.717) is 43.6 Å². The summed E-state index contributed by atoms with van der Waals surface area (Å²) in [5.74, 6) is 6.40. The maximum atomic E-state index is 14.7. The fourth-order valence-corrected chi connectivity index (χ4v) is 11.5. The van der Waals surface area contributed by atoms with Gasteiger partial charge in [0.05, 0.1) is 34.6 Å². The van der Waals surface area contributed by atoms with Gasteiger partial charge in [-0.15, -0.1) is 28.6 Å². The molecule has 52 heavy (non-hydrogen) atoms. The van der Waals surface area contributed by atoms with Gasteiger partial charge in [0.2, 0.25) is 0 Å². The van der Waals surface area contributed by atoms with Gasteiger partial charge >= 0.3 is 0 Å². The van der Waals surface area contributed by atoms with Crippen LogP contribution in [-0.4, -0.2) is 70.1 Å². The maximum absolute atomic E-state index is 14.7. The van der Waals surface area contributed by atoms with Gasteiger partial charge in [0, 0.05) is 45.4 Å². The third-order valence-electron chi connectivity index (χ3n) is 12.1.